The molecule has 1 N–H and O–H groups in total. The van der Waals surface area contributed by atoms with E-state index >= 15 is 0 Å². The minimum absolute atomic E-state index is 0.205. The van der Waals surface area contributed by atoms with E-state index in [2.05, 4.69) is 25.0 Å². The van der Waals surface area contributed by atoms with Crippen molar-refractivity contribution in [3.05, 3.63) is 23.3 Å². The van der Waals surface area contributed by atoms with E-state index in [4.69, 9.17) is 4.74 Å². The van der Waals surface area contributed by atoms with E-state index < -0.39 is 0 Å². The van der Waals surface area contributed by atoms with Crippen LogP contribution in [-0.4, -0.2) is 34.2 Å². The molecule has 0 saturated heterocycles. The summed E-state index contributed by atoms with van der Waals surface area (Å²) < 4.78 is 9.50. The molecule has 0 unspecified atom stereocenters. The Balaban J connectivity index is 1.75. The van der Waals surface area contributed by atoms with Gasteiger partial charge in [0.1, 0.15) is 0 Å². The van der Waals surface area contributed by atoms with Crippen LogP contribution in [0.3, 0.4) is 0 Å². The summed E-state index contributed by atoms with van der Waals surface area (Å²) in [6.07, 6.45) is 2.16. The van der Waals surface area contributed by atoms with E-state index in [1.807, 2.05) is 5.38 Å². The number of anilines is 1. The Morgan fingerprint density at radius 3 is 3.21 bits per heavy atom. The number of nitrogens with one attached hydrogen (secondary N) is 1. The van der Waals surface area contributed by atoms with Gasteiger partial charge < -0.3 is 14.6 Å². The highest BCUT2D eigenvalue weighted by Gasteiger charge is 2.08. The third kappa shape index (κ3) is 4.32. The summed E-state index contributed by atoms with van der Waals surface area (Å²) in [4.78, 5) is 19.5. The highest BCUT2D eigenvalue weighted by atomic mass is 32.1. The SMILES string of the molecule is CCOC(=O)Cc1csc(NCCc2ncon2)n1. The lowest BCUT2D eigenvalue weighted by Crippen LogP contribution is -2.08. The van der Waals surface area contributed by atoms with E-state index in [9.17, 15) is 4.79 Å². The van der Waals surface area contributed by atoms with Crippen molar-refractivity contribution in [3.8, 4) is 0 Å². The van der Waals surface area contributed by atoms with E-state index in [0.29, 0.717) is 31.1 Å². The van der Waals surface area contributed by atoms with Crippen LogP contribution in [0.15, 0.2) is 16.3 Å². The van der Waals surface area contributed by atoms with E-state index in [0.717, 1.165) is 5.13 Å². The Labute approximate surface area is 114 Å². The predicted molar refractivity (Wildman–Crippen MR) is 68.9 cm³/mol. The highest BCUT2D eigenvalue weighted by Crippen LogP contribution is 2.15. The second-order valence-corrected chi connectivity index (χ2v) is 4.51. The summed E-state index contributed by atoms with van der Waals surface area (Å²) in [6.45, 7) is 2.83. The van der Waals surface area contributed by atoms with Crippen molar-refractivity contribution < 1.29 is 14.1 Å². The fourth-order valence-electron chi connectivity index (χ4n) is 1.41. The van der Waals surface area contributed by atoms with Gasteiger partial charge >= 0.3 is 5.97 Å². The van der Waals surface area contributed by atoms with Gasteiger partial charge in [-0.15, -0.1) is 11.3 Å². The lowest BCUT2D eigenvalue weighted by Gasteiger charge is -1.99. The zero-order valence-electron chi connectivity index (χ0n) is 10.5. The first kappa shape index (κ1) is 13.5. The quantitative estimate of drug-likeness (QED) is 0.765. The minimum Gasteiger partial charge on any atom is -0.466 e. The van der Waals surface area contributed by atoms with Crippen molar-refractivity contribution in [2.45, 2.75) is 19.8 Å². The standard InChI is InChI=1S/C11H14N4O3S/c1-2-17-10(16)5-8-6-19-11(14-8)12-4-3-9-13-7-18-15-9/h6-7H,2-5H2,1H3,(H,12,14). The number of nitrogens with zero attached hydrogens (tertiary/aromatic N) is 3. The zero-order chi connectivity index (χ0) is 13.5. The molecule has 2 heterocycles. The van der Waals surface area contributed by atoms with Gasteiger partial charge in [0.2, 0.25) is 6.39 Å². The van der Waals surface area contributed by atoms with E-state index in [1.54, 1.807) is 6.92 Å². The van der Waals surface area contributed by atoms with Crippen LogP contribution in [0.5, 0.6) is 0 Å². The number of aromatic nitrogens is 3. The molecule has 0 saturated carbocycles. The molecule has 2 aromatic rings. The largest absolute Gasteiger partial charge is 0.466 e. The van der Waals surface area contributed by atoms with Gasteiger partial charge in [-0.2, -0.15) is 4.98 Å². The summed E-state index contributed by atoms with van der Waals surface area (Å²) in [5, 5.41) is 9.46. The summed E-state index contributed by atoms with van der Waals surface area (Å²) in [5.74, 6) is 0.391. The molecule has 0 atom stereocenters. The first-order valence-corrected chi connectivity index (χ1v) is 6.75. The molecule has 0 aliphatic carbocycles. The van der Waals surface area contributed by atoms with E-state index in [-0.39, 0.29) is 12.4 Å². The highest BCUT2D eigenvalue weighted by molar-refractivity contribution is 7.13. The second-order valence-electron chi connectivity index (χ2n) is 3.65. The minimum atomic E-state index is -0.258. The lowest BCUT2D eigenvalue weighted by atomic mass is 10.3. The number of carbonyl (C=O) groups excluding carboxylic acids is 1. The van der Waals surface area contributed by atoms with Crippen LogP contribution in [0.4, 0.5) is 5.13 Å². The molecule has 0 fully saturated rings. The molecule has 0 amide bonds. The maximum absolute atomic E-state index is 11.3. The van der Waals surface area contributed by atoms with Crippen LogP contribution in [0.1, 0.15) is 18.4 Å². The fourth-order valence-corrected chi connectivity index (χ4v) is 2.15. The van der Waals surface area contributed by atoms with Crippen molar-refractivity contribution in [3.63, 3.8) is 0 Å². The summed E-state index contributed by atoms with van der Waals surface area (Å²) in [5.41, 5.74) is 0.713. The summed E-state index contributed by atoms with van der Waals surface area (Å²) >= 11 is 1.45. The van der Waals surface area contributed by atoms with Crippen molar-refractivity contribution in [1.82, 2.24) is 15.1 Å². The Kier molecular flexibility index (Phi) is 4.85. The van der Waals surface area contributed by atoms with Crippen molar-refractivity contribution >= 4 is 22.4 Å². The van der Waals surface area contributed by atoms with Crippen LogP contribution in [0.25, 0.3) is 0 Å². The predicted octanol–water partition coefficient (Wildman–Crippen LogP) is 1.29. The fraction of sp³-hybridized carbons (Fsp3) is 0.455. The van der Waals surface area contributed by atoms with Gasteiger partial charge in [-0.05, 0) is 6.92 Å². The van der Waals surface area contributed by atoms with Gasteiger partial charge in [-0.25, -0.2) is 4.98 Å². The average Bonchev–Trinajstić information content (AvgIpc) is 3.01. The van der Waals surface area contributed by atoms with Gasteiger partial charge in [0, 0.05) is 18.3 Å². The molecule has 102 valence electrons. The molecule has 8 heteroatoms. The first-order chi connectivity index (χ1) is 9.28. The Bertz CT molecular complexity index is 512. The molecular formula is C11H14N4O3S. The van der Waals surface area contributed by atoms with Gasteiger partial charge in [0.05, 0.1) is 18.7 Å². The maximum Gasteiger partial charge on any atom is 0.311 e. The molecule has 0 aliphatic heterocycles. The molecule has 0 spiro atoms. The molecule has 0 bridgehead atoms. The third-order valence-electron chi connectivity index (χ3n) is 2.21. The molecule has 19 heavy (non-hydrogen) atoms. The van der Waals surface area contributed by atoms with Gasteiger partial charge in [0.15, 0.2) is 11.0 Å². The third-order valence-corrected chi connectivity index (χ3v) is 3.06. The number of esters is 1. The number of carbonyl (C=O) groups is 1. The molecule has 0 radical (unpaired) electrons. The van der Waals surface area contributed by atoms with Crippen LogP contribution in [-0.2, 0) is 22.4 Å². The molecule has 7 nitrogen and oxygen atoms in total. The molecule has 0 aromatic carbocycles. The van der Waals surface area contributed by atoms with Crippen LogP contribution in [0, 0.1) is 0 Å². The number of ether oxygens (including phenoxy) is 1. The topological polar surface area (TPSA) is 90.1 Å². The van der Waals surface area contributed by atoms with Gasteiger partial charge in [0.25, 0.3) is 0 Å². The second kappa shape index (κ2) is 6.83. The number of rotatable bonds is 7. The Hall–Kier alpha value is -1.96. The monoisotopic (exact) mass is 282 g/mol. The van der Waals surface area contributed by atoms with Gasteiger partial charge in [-0.1, -0.05) is 5.16 Å². The maximum atomic E-state index is 11.3. The molecular weight excluding hydrogens is 268 g/mol. The van der Waals surface area contributed by atoms with Gasteiger partial charge in [-0.3, -0.25) is 4.79 Å². The molecule has 2 aromatic heterocycles. The van der Waals surface area contributed by atoms with E-state index in [1.165, 1.54) is 17.7 Å². The summed E-state index contributed by atoms with van der Waals surface area (Å²) in [7, 11) is 0. The Morgan fingerprint density at radius 2 is 2.47 bits per heavy atom. The lowest BCUT2D eigenvalue weighted by molar-refractivity contribution is -0.142. The first-order valence-electron chi connectivity index (χ1n) is 5.87. The molecule has 0 aliphatic rings. The molecule has 2 rings (SSSR count). The van der Waals surface area contributed by atoms with Crippen molar-refractivity contribution in [2.24, 2.45) is 0 Å². The van der Waals surface area contributed by atoms with Crippen LogP contribution >= 0.6 is 11.3 Å². The number of hydrogen-bond donors (Lipinski definition) is 1. The van der Waals surface area contributed by atoms with Crippen molar-refractivity contribution in [1.29, 1.82) is 0 Å². The van der Waals surface area contributed by atoms with Crippen LogP contribution in [0.2, 0.25) is 0 Å². The van der Waals surface area contributed by atoms with Crippen molar-refractivity contribution in [2.75, 3.05) is 18.5 Å². The number of hydrogen-bond acceptors (Lipinski definition) is 8. The number of thiazole rings is 1. The van der Waals surface area contributed by atoms with Crippen LogP contribution < -0.4 is 5.32 Å². The summed E-state index contributed by atoms with van der Waals surface area (Å²) in [6, 6.07) is 0. The normalized spacial score (nSPS) is 10.4. The Morgan fingerprint density at radius 1 is 1.58 bits per heavy atom. The smallest absolute Gasteiger partial charge is 0.311 e. The zero-order valence-corrected chi connectivity index (χ0v) is 11.3. The average molecular weight is 282 g/mol.